The number of carbonyl (C=O) groups is 1. The molecule has 5 rings (SSSR count). The Morgan fingerprint density at radius 3 is 2.60 bits per heavy atom. The second-order valence-electron chi connectivity index (χ2n) is 7.77. The first kappa shape index (κ1) is 18.4. The van der Waals surface area contributed by atoms with Crippen LogP contribution in [0.2, 0.25) is 0 Å². The zero-order chi connectivity index (χ0) is 20.7. The molecule has 1 aliphatic rings. The molecule has 0 N–H and O–H groups in total. The summed E-state index contributed by atoms with van der Waals surface area (Å²) in [7, 11) is 0. The first-order valence-corrected chi connectivity index (χ1v) is 10.0. The lowest BCUT2D eigenvalue weighted by molar-refractivity contribution is 0.100. The first-order chi connectivity index (χ1) is 14.7. The Balaban J connectivity index is 1.50. The highest BCUT2D eigenvalue weighted by Gasteiger charge is 2.30. The molecule has 1 saturated carbocycles. The molecule has 1 aliphatic carbocycles. The molecule has 2 aromatic heterocycles. The van der Waals surface area contributed by atoms with Gasteiger partial charge in [0.25, 0.3) is 0 Å². The van der Waals surface area contributed by atoms with E-state index in [1.807, 2.05) is 48.7 Å². The van der Waals surface area contributed by atoms with Crippen LogP contribution in [0.25, 0.3) is 22.3 Å². The molecule has 0 bridgehead atoms. The van der Waals surface area contributed by atoms with Crippen LogP contribution in [0.4, 0.5) is 0 Å². The van der Waals surface area contributed by atoms with E-state index < -0.39 is 5.91 Å². The third-order valence-corrected chi connectivity index (χ3v) is 5.65. The maximum Gasteiger partial charge on any atom is 0.317 e. The molecule has 0 unspecified atom stereocenters. The van der Waals surface area contributed by atoms with Crippen LogP contribution in [0.1, 0.15) is 46.1 Å². The summed E-state index contributed by atoms with van der Waals surface area (Å²) in [6.45, 7) is 2.76. The van der Waals surface area contributed by atoms with Crippen molar-refractivity contribution in [1.82, 2.24) is 14.5 Å². The molecule has 2 aromatic carbocycles. The van der Waals surface area contributed by atoms with Gasteiger partial charge >= 0.3 is 5.91 Å². The normalized spacial score (nSPS) is 13.5. The highest BCUT2D eigenvalue weighted by atomic mass is 16.3. The minimum atomic E-state index is -0.755. The number of rotatable bonds is 5. The average Bonchev–Trinajstić information content (AvgIpc) is 3.56. The van der Waals surface area contributed by atoms with E-state index in [1.54, 1.807) is 12.1 Å². The molecule has 1 amide bonds. The van der Waals surface area contributed by atoms with Gasteiger partial charge in [-0.05, 0) is 54.2 Å². The maximum absolute atomic E-state index is 11.8. The van der Waals surface area contributed by atoms with Gasteiger partial charge in [-0.1, -0.05) is 42.5 Å². The van der Waals surface area contributed by atoms with Gasteiger partial charge in [-0.15, -0.1) is 4.91 Å². The van der Waals surface area contributed by atoms with Crippen molar-refractivity contribution in [3.05, 3.63) is 88.2 Å². The highest BCUT2D eigenvalue weighted by Crippen LogP contribution is 2.41. The van der Waals surface area contributed by atoms with E-state index in [2.05, 4.69) is 21.7 Å². The number of aromatic nitrogens is 3. The molecule has 2 heterocycles. The van der Waals surface area contributed by atoms with Crippen molar-refractivity contribution >= 4 is 17.1 Å². The number of hydrogen-bond donors (Lipinski definition) is 0. The van der Waals surface area contributed by atoms with Crippen LogP contribution in [0.15, 0.2) is 66.0 Å². The summed E-state index contributed by atoms with van der Waals surface area (Å²) >= 11 is 0. The van der Waals surface area contributed by atoms with E-state index in [9.17, 15) is 9.70 Å². The van der Waals surface area contributed by atoms with Gasteiger partial charge < -0.3 is 4.57 Å². The minimum absolute atomic E-state index is 0.316. The maximum atomic E-state index is 11.8. The van der Waals surface area contributed by atoms with Gasteiger partial charge in [0.15, 0.2) is 5.65 Å². The van der Waals surface area contributed by atoms with Crippen LogP contribution in [0.5, 0.6) is 0 Å². The van der Waals surface area contributed by atoms with Crippen molar-refractivity contribution in [2.24, 2.45) is 5.18 Å². The van der Waals surface area contributed by atoms with E-state index in [0.717, 1.165) is 33.7 Å². The standard InChI is InChI=1S/C24H20N4O2/c1-15-12-13-25-23-21(15)26-22(18-10-11-18)28(23)14-16-6-8-17(9-7-16)19-4-2-3-5-20(19)24(29)27-30/h2-9,12-13,18H,10-11,14H2,1H3. The molecule has 0 radical (unpaired) electrons. The molecular formula is C24H20N4O2. The van der Waals surface area contributed by atoms with Gasteiger partial charge in [0.05, 0.1) is 12.1 Å². The summed E-state index contributed by atoms with van der Waals surface area (Å²) in [5.41, 5.74) is 6.06. The Kier molecular flexibility index (Phi) is 4.47. The second kappa shape index (κ2) is 7.30. The van der Waals surface area contributed by atoms with Gasteiger partial charge in [0, 0.05) is 17.3 Å². The Morgan fingerprint density at radius 2 is 1.87 bits per heavy atom. The van der Waals surface area contributed by atoms with Gasteiger partial charge in [-0.2, -0.15) is 0 Å². The Morgan fingerprint density at radius 1 is 1.10 bits per heavy atom. The van der Waals surface area contributed by atoms with Crippen LogP contribution < -0.4 is 0 Å². The van der Waals surface area contributed by atoms with Crippen LogP contribution >= 0.6 is 0 Å². The minimum Gasteiger partial charge on any atom is -0.308 e. The van der Waals surface area contributed by atoms with Crippen LogP contribution in [0.3, 0.4) is 0 Å². The monoisotopic (exact) mass is 396 g/mol. The fraction of sp³-hybridized carbons (Fsp3) is 0.208. The Bertz CT molecular complexity index is 1270. The molecule has 4 aromatic rings. The van der Waals surface area contributed by atoms with E-state index in [-0.39, 0.29) is 0 Å². The summed E-state index contributed by atoms with van der Waals surface area (Å²) in [5.74, 6) is 0.880. The van der Waals surface area contributed by atoms with E-state index in [0.29, 0.717) is 23.6 Å². The molecule has 6 nitrogen and oxygen atoms in total. The van der Waals surface area contributed by atoms with Gasteiger partial charge in [-0.25, -0.2) is 9.97 Å². The Hall–Kier alpha value is -3.67. The number of hydrogen-bond acceptors (Lipinski definition) is 4. The molecule has 6 heteroatoms. The molecule has 1 fully saturated rings. The number of fused-ring (bicyclic) bond motifs is 1. The Labute approximate surface area is 173 Å². The van der Waals surface area contributed by atoms with Crippen molar-refractivity contribution < 1.29 is 4.79 Å². The van der Waals surface area contributed by atoms with Crippen molar-refractivity contribution in [2.75, 3.05) is 0 Å². The zero-order valence-corrected chi connectivity index (χ0v) is 16.6. The van der Waals surface area contributed by atoms with E-state index in [4.69, 9.17) is 4.98 Å². The molecular weight excluding hydrogens is 376 g/mol. The summed E-state index contributed by atoms with van der Waals surface area (Å²) in [6.07, 6.45) is 4.19. The first-order valence-electron chi connectivity index (χ1n) is 10.0. The largest absolute Gasteiger partial charge is 0.317 e. The number of benzene rings is 2. The summed E-state index contributed by atoms with van der Waals surface area (Å²) in [5, 5.41) is 2.57. The van der Waals surface area contributed by atoms with E-state index >= 15 is 0 Å². The van der Waals surface area contributed by atoms with E-state index in [1.165, 1.54) is 12.8 Å². The smallest absolute Gasteiger partial charge is 0.308 e. The molecule has 0 saturated heterocycles. The average molecular weight is 396 g/mol. The molecule has 148 valence electrons. The predicted octanol–water partition coefficient (Wildman–Crippen LogP) is 5.24. The third kappa shape index (κ3) is 3.20. The van der Waals surface area contributed by atoms with Crippen molar-refractivity contribution in [2.45, 2.75) is 32.2 Å². The van der Waals surface area contributed by atoms with Crippen LogP contribution in [0, 0.1) is 11.8 Å². The lowest BCUT2D eigenvalue weighted by atomic mass is 9.98. The number of nitrogens with zero attached hydrogens (tertiary/aromatic N) is 4. The second-order valence-corrected chi connectivity index (χ2v) is 7.77. The van der Waals surface area contributed by atoms with Gasteiger partial charge in [0.1, 0.15) is 11.3 Å². The van der Waals surface area contributed by atoms with Crippen molar-refractivity contribution in [3.8, 4) is 11.1 Å². The third-order valence-electron chi connectivity index (χ3n) is 5.65. The van der Waals surface area contributed by atoms with Gasteiger partial charge in [-0.3, -0.25) is 4.79 Å². The van der Waals surface area contributed by atoms with Gasteiger partial charge in [0.2, 0.25) is 0 Å². The zero-order valence-electron chi connectivity index (χ0n) is 16.6. The summed E-state index contributed by atoms with van der Waals surface area (Å²) in [6, 6.07) is 17.1. The SMILES string of the molecule is Cc1ccnc2c1nc(C1CC1)n2Cc1ccc(-c2ccccc2C(=O)N=O)cc1. The van der Waals surface area contributed by atoms with Crippen molar-refractivity contribution in [3.63, 3.8) is 0 Å². The lowest BCUT2D eigenvalue weighted by Crippen LogP contribution is -2.05. The van der Waals surface area contributed by atoms with Crippen LogP contribution in [-0.2, 0) is 6.54 Å². The van der Waals surface area contributed by atoms with Crippen molar-refractivity contribution in [1.29, 1.82) is 0 Å². The van der Waals surface area contributed by atoms with Crippen LogP contribution in [-0.4, -0.2) is 20.4 Å². The number of imidazole rings is 1. The number of carbonyl (C=O) groups excluding carboxylic acids is 1. The fourth-order valence-corrected chi connectivity index (χ4v) is 3.91. The topological polar surface area (TPSA) is 77.2 Å². The number of nitroso groups, excluding NO2 is 1. The quantitative estimate of drug-likeness (QED) is 0.432. The highest BCUT2D eigenvalue weighted by molar-refractivity contribution is 6.01. The molecule has 0 aliphatic heterocycles. The lowest BCUT2D eigenvalue weighted by Gasteiger charge is -2.10. The summed E-state index contributed by atoms with van der Waals surface area (Å²) in [4.78, 5) is 32.1. The molecule has 0 atom stereocenters. The fourth-order valence-electron chi connectivity index (χ4n) is 3.91. The number of pyridine rings is 1. The molecule has 0 spiro atoms. The summed E-state index contributed by atoms with van der Waals surface area (Å²) < 4.78 is 2.22. The number of aryl methyl sites for hydroxylation is 1. The predicted molar refractivity (Wildman–Crippen MR) is 115 cm³/mol. The molecule has 30 heavy (non-hydrogen) atoms. The number of amides is 1.